The van der Waals surface area contributed by atoms with Gasteiger partial charge in [-0.2, -0.15) is 0 Å². The Bertz CT molecular complexity index is 539. The molecule has 0 bridgehead atoms. The number of halogens is 2. The van der Waals surface area contributed by atoms with Crippen molar-refractivity contribution in [2.24, 2.45) is 5.92 Å². The summed E-state index contributed by atoms with van der Waals surface area (Å²) in [5, 5.41) is 20.9. The van der Waals surface area contributed by atoms with Gasteiger partial charge in [-0.05, 0) is 37.5 Å². The zero-order valence-electron chi connectivity index (χ0n) is 12.6. The molecule has 1 saturated carbocycles. The smallest absolute Gasteiger partial charge is 0.129 e. The molecule has 1 saturated heterocycles. The molecule has 2 fully saturated rings. The number of nitrogens with zero attached hydrogens (tertiary/aromatic N) is 1. The maximum absolute atomic E-state index is 13.7. The molecule has 122 valence electrons. The molecule has 0 aromatic heterocycles. The summed E-state index contributed by atoms with van der Waals surface area (Å²) in [6.07, 6.45) is 3.69. The van der Waals surface area contributed by atoms with Gasteiger partial charge in [0.05, 0.1) is 11.7 Å². The van der Waals surface area contributed by atoms with Crippen molar-refractivity contribution >= 4 is 0 Å². The van der Waals surface area contributed by atoms with Gasteiger partial charge in [-0.3, -0.25) is 4.90 Å². The van der Waals surface area contributed by atoms with Crippen LogP contribution in [0.1, 0.15) is 43.8 Å². The van der Waals surface area contributed by atoms with Gasteiger partial charge in [0, 0.05) is 31.1 Å². The third kappa shape index (κ3) is 3.16. The minimum absolute atomic E-state index is 0.00415. The van der Waals surface area contributed by atoms with Crippen LogP contribution in [0, 0.1) is 17.6 Å². The van der Waals surface area contributed by atoms with E-state index >= 15 is 0 Å². The third-order valence-corrected chi connectivity index (χ3v) is 5.26. The number of benzene rings is 1. The lowest BCUT2D eigenvalue weighted by Crippen LogP contribution is -2.53. The molecule has 0 amide bonds. The van der Waals surface area contributed by atoms with Gasteiger partial charge >= 0.3 is 0 Å². The Balaban J connectivity index is 1.65. The van der Waals surface area contributed by atoms with E-state index in [4.69, 9.17) is 0 Å². The summed E-state index contributed by atoms with van der Waals surface area (Å²) < 4.78 is 27.0. The Morgan fingerprint density at radius 1 is 1.27 bits per heavy atom. The monoisotopic (exact) mass is 311 g/mol. The van der Waals surface area contributed by atoms with E-state index in [2.05, 4.69) is 4.90 Å². The highest BCUT2D eigenvalue weighted by Gasteiger charge is 2.42. The van der Waals surface area contributed by atoms with E-state index in [1.165, 1.54) is 0 Å². The first-order chi connectivity index (χ1) is 10.5. The minimum atomic E-state index is -1.05. The predicted octanol–water partition coefficient (Wildman–Crippen LogP) is 2.63. The van der Waals surface area contributed by atoms with Crippen LogP contribution >= 0.6 is 0 Å². The van der Waals surface area contributed by atoms with Gasteiger partial charge in [0.25, 0.3) is 0 Å². The Kier molecular flexibility index (Phi) is 4.48. The maximum atomic E-state index is 13.7. The number of rotatable bonds is 3. The molecule has 1 aliphatic heterocycles. The average Bonchev–Trinajstić information content (AvgIpc) is 2.49. The van der Waals surface area contributed by atoms with Crippen molar-refractivity contribution in [3.05, 3.63) is 35.4 Å². The SMILES string of the molecule is OC(CN1CCC2(O)CCCCC2C1)c1cc(F)ccc1F. The normalized spacial score (nSPS) is 30.8. The number of aliphatic hydroxyl groups is 2. The van der Waals surface area contributed by atoms with Gasteiger partial charge < -0.3 is 10.2 Å². The summed E-state index contributed by atoms with van der Waals surface area (Å²) in [6.45, 7) is 1.67. The summed E-state index contributed by atoms with van der Waals surface area (Å²) in [6, 6.07) is 3.15. The number of piperidine rings is 1. The van der Waals surface area contributed by atoms with Crippen molar-refractivity contribution < 1.29 is 19.0 Å². The lowest BCUT2D eigenvalue weighted by atomic mass is 9.71. The molecule has 22 heavy (non-hydrogen) atoms. The van der Waals surface area contributed by atoms with E-state index in [0.29, 0.717) is 19.5 Å². The second-order valence-electron chi connectivity index (χ2n) is 6.74. The minimum Gasteiger partial charge on any atom is -0.390 e. The first-order valence-electron chi connectivity index (χ1n) is 8.06. The second-order valence-corrected chi connectivity index (χ2v) is 6.74. The first kappa shape index (κ1) is 15.8. The standard InChI is InChI=1S/C17H23F2NO2/c18-13-4-5-15(19)14(9-13)16(21)11-20-8-7-17(22)6-2-1-3-12(17)10-20/h4-5,9,12,16,21-22H,1-3,6-8,10-11H2. The van der Waals surface area contributed by atoms with Gasteiger partial charge in [0.1, 0.15) is 11.6 Å². The van der Waals surface area contributed by atoms with E-state index in [1.54, 1.807) is 0 Å². The van der Waals surface area contributed by atoms with Gasteiger partial charge in [0.2, 0.25) is 0 Å². The fourth-order valence-electron chi connectivity index (χ4n) is 3.92. The van der Waals surface area contributed by atoms with Crippen LogP contribution in [-0.2, 0) is 0 Å². The molecular weight excluding hydrogens is 288 g/mol. The quantitative estimate of drug-likeness (QED) is 0.902. The van der Waals surface area contributed by atoms with Crippen LogP contribution in [0.15, 0.2) is 18.2 Å². The molecule has 2 aliphatic rings. The number of β-amino-alcohol motifs (C(OH)–C–C–N with tert-alkyl or cyclic N) is 1. The average molecular weight is 311 g/mol. The fraction of sp³-hybridized carbons (Fsp3) is 0.647. The zero-order chi connectivity index (χ0) is 15.7. The molecule has 3 rings (SSSR count). The van der Waals surface area contributed by atoms with E-state index in [-0.39, 0.29) is 18.0 Å². The molecule has 3 unspecified atom stereocenters. The summed E-state index contributed by atoms with van der Waals surface area (Å²) in [7, 11) is 0. The third-order valence-electron chi connectivity index (χ3n) is 5.26. The van der Waals surface area contributed by atoms with Gasteiger partial charge in [0.15, 0.2) is 0 Å². The van der Waals surface area contributed by atoms with Crippen LogP contribution in [0.4, 0.5) is 8.78 Å². The summed E-state index contributed by atoms with van der Waals surface area (Å²) >= 11 is 0. The molecule has 5 heteroatoms. The molecular formula is C17H23F2NO2. The van der Waals surface area contributed by atoms with Crippen molar-refractivity contribution in [2.45, 2.75) is 43.8 Å². The zero-order valence-corrected chi connectivity index (χ0v) is 12.6. The lowest BCUT2D eigenvalue weighted by Gasteiger charge is -2.47. The summed E-state index contributed by atoms with van der Waals surface area (Å²) in [5.41, 5.74) is -0.562. The Morgan fingerprint density at radius 3 is 2.91 bits per heavy atom. The first-order valence-corrected chi connectivity index (χ1v) is 8.06. The Morgan fingerprint density at radius 2 is 2.09 bits per heavy atom. The molecule has 1 aromatic carbocycles. The van der Waals surface area contributed by atoms with Crippen molar-refractivity contribution in [2.75, 3.05) is 19.6 Å². The molecule has 1 heterocycles. The molecule has 2 N–H and O–H groups in total. The number of likely N-dealkylation sites (tertiary alicyclic amines) is 1. The van der Waals surface area contributed by atoms with Crippen molar-refractivity contribution in [1.82, 2.24) is 4.90 Å². The lowest BCUT2D eigenvalue weighted by molar-refractivity contribution is -0.100. The van der Waals surface area contributed by atoms with E-state index in [9.17, 15) is 19.0 Å². The van der Waals surface area contributed by atoms with Crippen LogP contribution in [0.5, 0.6) is 0 Å². The predicted molar refractivity (Wildman–Crippen MR) is 79.3 cm³/mol. The van der Waals surface area contributed by atoms with Gasteiger partial charge in [-0.15, -0.1) is 0 Å². The molecule has 1 aliphatic carbocycles. The number of hydrogen-bond acceptors (Lipinski definition) is 3. The van der Waals surface area contributed by atoms with Crippen molar-refractivity contribution in [3.8, 4) is 0 Å². The van der Waals surface area contributed by atoms with E-state index in [0.717, 1.165) is 43.9 Å². The van der Waals surface area contributed by atoms with Gasteiger partial charge in [-0.1, -0.05) is 12.8 Å². The molecule has 0 radical (unpaired) electrons. The molecule has 0 spiro atoms. The van der Waals surface area contributed by atoms with Crippen LogP contribution in [0.2, 0.25) is 0 Å². The van der Waals surface area contributed by atoms with E-state index in [1.807, 2.05) is 0 Å². The van der Waals surface area contributed by atoms with Crippen molar-refractivity contribution in [3.63, 3.8) is 0 Å². The van der Waals surface area contributed by atoms with Crippen LogP contribution in [0.3, 0.4) is 0 Å². The van der Waals surface area contributed by atoms with Gasteiger partial charge in [-0.25, -0.2) is 8.78 Å². The highest BCUT2D eigenvalue weighted by Crippen LogP contribution is 2.40. The summed E-state index contributed by atoms with van der Waals surface area (Å²) in [5.74, 6) is -0.907. The summed E-state index contributed by atoms with van der Waals surface area (Å²) in [4.78, 5) is 2.06. The Labute approximate surface area is 129 Å². The number of aliphatic hydroxyl groups excluding tert-OH is 1. The molecule has 3 atom stereocenters. The van der Waals surface area contributed by atoms with Crippen LogP contribution in [-0.4, -0.2) is 40.3 Å². The van der Waals surface area contributed by atoms with Crippen LogP contribution < -0.4 is 0 Å². The maximum Gasteiger partial charge on any atom is 0.129 e. The van der Waals surface area contributed by atoms with E-state index < -0.39 is 23.3 Å². The van der Waals surface area contributed by atoms with Crippen molar-refractivity contribution in [1.29, 1.82) is 0 Å². The van der Waals surface area contributed by atoms with Crippen LogP contribution in [0.25, 0.3) is 0 Å². The number of hydrogen-bond donors (Lipinski definition) is 2. The highest BCUT2D eigenvalue weighted by molar-refractivity contribution is 5.21. The fourth-order valence-corrected chi connectivity index (χ4v) is 3.92. The number of fused-ring (bicyclic) bond motifs is 1. The Hall–Kier alpha value is -1.04. The topological polar surface area (TPSA) is 43.7 Å². The molecule has 3 nitrogen and oxygen atoms in total. The molecule has 1 aromatic rings. The second kappa shape index (κ2) is 6.22. The largest absolute Gasteiger partial charge is 0.390 e. The highest BCUT2D eigenvalue weighted by atomic mass is 19.1.